The van der Waals surface area contributed by atoms with Gasteiger partial charge < -0.3 is 15.2 Å². The van der Waals surface area contributed by atoms with Gasteiger partial charge in [0.15, 0.2) is 0 Å². The van der Waals surface area contributed by atoms with Gasteiger partial charge in [0, 0.05) is 30.2 Å². The molecule has 2 N–H and O–H groups in total. The number of carbonyl (C=O) groups is 2. The minimum atomic E-state index is -0.211. The minimum absolute atomic E-state index is 0.0555. The molecule has 6 heteroatoms. The number of carbonyl (C=O) groups excluding carboxylic acids is 2. The number of aromatic nitrogens is 2. The summed E-state index contributed by atoms with van der Waals surface area (Å²) in [4.78, 5) is 34.3. The molecule has 3 aromatic rings. The molecule has 1 aromatic carbocycles. The van der Waals surface area contributed by atoms with E-state index in [2.05, 4.69) is 15.3 Å². The molecule has 2 aromatic heterocycles. The zero-order chi connectivity index (χ0) is 17.9. The Morgan fingerprint density at radius 3 is 2.88 bits per heavy atom. The Balaban J connectivity index is 1.45. The first kappa shape index (κ1) is 16.3. The summed E-state index contributed by atoms with van der Waals surface area (Å²) in [6.07, 6.45) is 4.88. The molecule has 6 nitrogen and oxygen atoms in total. The Kier molecular flexibility index (Phi) is 4.39. The quantitative estimate of drug-likeness (QED) is 0.764. The van der Waals surface area contributed by atoms with Crippen LogP contribution in [-0.2, 0) is 4.79 Å². The van der Waals surface area contributed by atoms with E-state index in [-0.39, 0.29) is 17.7 Å². The number of anilines is 1. The number of aromatic amines is 1. The largest absolute Gasteiger partial charge is 0.351 e. The monoisotopic (exact) mass is 348 g/mol. The second kappa shape index (κ2) is 7.00. The zero-order valence-electron chi connectivity index (χ0n) is 14.3. The second-order valence-corrected chi connectivity index (χ2v) is 6.59. The highest BCUT2D eigenvalue weighted by Gasteiger charge is 2.29. The van der Waals surface area contributed by atoms with Gasteiger partial charge in [-0.3, -0.25) is 14.6 Å². The van der Waals surface area contributed by atoms with E-state index in [0.29, 0.717) is 24.5 Å². The summed E-state index contributed by atoms with van der Waals surface area (Å²) < 4.78 is 0. The van der Waals surface area contributed by atoms with Crippen molar-refractivity contribution in [3.05, 3.63) is 60.6 Å². The molecular formula is C20H20N4O2. The molecule has 0 radical (unpaired) electrons. The lowest BCUT2D eigenvalue weighted by Crippen LogP contribution is -2.43. The molecule has 0 saturated carbocycles. The molecule has 1 aliphatic heterocycles. The van der Waals surface area contributed by atoms with E-state index in [0.717, 1.165) is 23.7 Å². The van der Waals surface area contributed by atoms with E-state index >= 15 is 0 Å². The number of para-hydroxylation sites is 1. The normalized spacial score (nSPS) is 17.2. The van der Waals surface area contributed by atoms with Crippen LogP contribution < -0.4 is 5.32 Å². The van der Waals surface area contributed by atoms with Gasteiger partial charge in [-0.25, -0.2) is 0 Å². The van der Waals surface area contributed by atoms with Gasteiger partial charge in [-0.15, -0.1) is 0 Å². The van der Waals surface area contributed by atoms with Crippen LogP contribution in [0.25, 0.3) is 10.9 Å². The van der Waals surface area contributed by atoms with E-state index in [1.165, 1.54) is 0 Å². The molecule has 2 amide bonds. The smallest absolute Gasteiger partial charge is 0.270 e. The Morgan fingerprint density at radius 2 is 2.08 bits per heavy atom. The number of nitrogens with one attached hydrogen (secondary N) is 2. The first-order chi connectivity index (χ1) is 12.7. The number of piperidine rings is 1. The fourth-order valence-corrected chi connectivity index (χ4v) is 3.42. The topological polar surface area (TPSA) is 78.1 Å². The summed E-state index contributed by atoms with van der Waals surface area (Å²) in [5, 5.41) is 3.90. The predicted octanol–water partition coefficient (Wildman–Crippen LogP) is 3.05. The molecule has 132 valence electrons. The predicted molar refractivity (Wildman–Crippen MR) is 99.8 cm³/mol. The Morgan fingerprint density at radius 1 is 1.19 bits per heavy atom. The maximum Gasteiger partial charge on any atom is 0.270 e. The number of pyridine rings is 1. The number of benzene rings is 1. The summed E-state index contributed by atoms with van der Waals surface area (Å²) in [6, 6.07) is 13.3. The van der Waals surface area contributed by atoms with Gasteiger partial charge in [-0.2, -0.15) is 0 Å². The van der Waals surface area contributed by atoms with E-state index in [4.69, 9.17) is 0 Å². The van der Waals surface area contributed by atoms with Crippen LogP contribution >= 0.6 is 0 Å². The summed E-state index contributed by atoms with van der Waals surface area (Å²) in [7, 11) is 0. The highest BCUT2D eigenvalue weighted by Crippen LogP contribution is 2.22. The van der Waals surface area contributed by atoms with Crippen molar-refractivity contribution in [3.8, 4) is 0 Å². The van der Waals surface area contributed by atoms with Crippen molar-refractivity contribution in [3.63, 3.8) is 0 Å². The van der Waals surface area contributed by atoms with Crippen LogP contribution in [-0.4, -0.2) is 39.8 Å². The molecule has 0 unspecified atom stereocenters. The maximum atomic E-state index is 12.8. The highest BCUT2D eigenvalue weighted by atomic mass is 16.2. The molecule has 0 spiro atoms. The third-order valence-electron chi connectivity index (χ3n) is 4.77. The van der Waals surface area contributed by atoms with Crippen LogP contribution in [0.5, 0.6) is 0 Å². The van der Waals surface area contributed by atoms with Crippen LogP contribution in [0, 0.1) is 5.92 Å². The number of amides is 2. The zero-order valence-corrected chi connectivity index (χ0v) is 14.3. The first-order valence-corrected chi connectivity index (χ1v) is 8.78. The SMILES string of the molecule is O=C(Nc1cccnc1)[C@@H]1CCCN(C(=O)c2cc3ccccc3[nH]2)C1. The number of hydrogen-bond donors (Lipinski definition) is 2. The van der Waals surface area contributed by atoms with Crippen LogP contribution in [0.4, 0.5) is 5.69 Å². The van der Waals surface area contributed by atoms with Crippen molar-refractivity contribution in [2.24, 2.45) is 5.92 Å². The number of nitrogens with zero attached hydrogens (tertiary/aromatic N) is 2. The molecule has 0 bridgehead atoms. The Bertz CT molecular complexity index is 902. The van der Waals surface area contributed by atoms with Crippen molar-refractivity contribution in [2.45, 2.75) is 12.8 Å². The average molecular weight is 348 g/mol. The van der Waals surface area contributed by atoms with Crippen molar-refractivity contribution in [1.82, 2.24) is 14.9 Å². The van der Waals surface area contributed by atoms with Crippen molar-refractivity contribution in [1.29, 1.82) is 0 Å². The number of fused-ring (bicyclic) bond motifs is 1. The lowest BCUT2D eigenvalue weighted by atomic mass is 9.96. The summed E-state index contributed by atoms with van der Waals surface area (Å²) in [5.41, 5.74) is 2.19. The van der Waals surface area contributed by atoms with E-state index in [1.807, 2.05) is 30.3 Å². The lowest BCUT2D eigenvalue weighted by Gasteiger charge is -2.31. The van der Waals surface area contributed by atoms with Crippen LogP contribution in [0.15, 0.2) is 54.9 Å². The van der Waals surface area contributed by atoms with Crippen molar-refractivity contribution >= 4 is 28.4 Å². The molecule has 0 aliphatic carbocycles. The molecule has 4 rings (SSSR count). The van der Waals surface area contributed by atoms with Gasteiger partial charge in [0.1, 0.15) is 5.69 Å². The number of H-pyrrole nitrogens is 1. The minimum Gasteiger partial charge on any atom is -0.351 e. The first-order valence-electron chi connectivity index (χ1n) is 8.78. The van der Waals surface area contributed by atoms with Gasteiger partial charge in [0.25, 0.3) is 5.91 Å². The van der Waals surface area contributed by atoms with Gasteiger partial charge in [0.05, 0.1) is 17.8 Å². The standard InChI is InChI=1S/C20H20N4O2/c25-19(22-16-7-3-9-21-12-16)15-6-4-10-24(13-15)20(26)18-11-14-5-1-2-8-17(14)23-18/h1-3,5,7-9,11-12,15,23H,4,6,10,13H2,(H,22,25)/t15-/m1/s1. The van der Waals surface area contributed by atoms with Crippen LogP contribution in [0.3, 0.4) is 0 Å². The number of rotatable bonds is 3. The average Bonchev–Trinajstić information content (AvgIpc) is 3.12. The van der Waals surface area contributed by atoms with E-state index in [1.54, 1.807) is 29.4 Å². The lowest BCUT2D eigenvalue weighted by molar-refractivity contribution is -0.121. The number of likely N-dealkylation sites (tertiary alicyclic amines) is 1. The molecule has 1 atom stereocenters. The van der Waals surface area contributed by atoms with E-state index in [9.17, 15) is 9.59 Å². The van der Waals surface area contributed by atoms with Crippen LogP contribution in [0.2, 0.25) is 0 Å². The molecule has 1 aliphatic rings. The molecule has 1 saturated heterocycles. The third kappa shape index (κ3) is 3.31. The maximum absolute atomic E-state index is 12.8. The fourth-order valence-electron chi connectivity index (χ4n) is 3.42. The van der Waals surface area contributed by atoms with Gasteiger partial charge >= 0.3 is 0 Å². The summed E-state index contributed by atoms with van der Waals surface area (Å²) in [5.74, 6) is -0.329. The van der Waals surface area contributed by atoms with Crippen molar-refractivity contribution in [2.75, 3.05) is 18.4 Å². The van der Waals surface area contributed by atoms with E-state index < -0.39 is 0 Å². The molecule has 1 fully saturated rings. The van der Waals surface area contributed by atoms with Gasteiger partial charge in [-0.1, -0.05) is 18.2 Å². The fraction of sp³-hybridized carbons (Fsp3) is 0.250. The van der Waals surface area contributed by atoms with Gasteiger partial charge in [-0.05, 0) is 37.1 Å². The van der Waals surface area contributed by atoms with Gasteiger partial charge in [0.2, 0.25) is 5.91 Å². The molecule has 3 heterocycles. The molecule has 26 heavy (non-hydrogen) atoms. The number of hydrogen-bond acceptors (Lipinski definition) is 3. The highest BCUT2D eigenvalue weighted by molar-refractivity contribution is 5.99. The Hall–Kier alpha value is -3.15. The van der Waals surface area contributed by atoms with Crippen LogP contribution in [0.1, 0.15) is 23.3 Å². The van der Waals surface area contributed by atoms with Crippen molar-refractivity contribution < 1.29 is 9.59 Å². The molecular weight excluding hydrogens is 328 g/mol. The second-order valence-electron chi connectivity index (χ2n) is 6.59. The third-order valence-corrected chi connectivity index (χ3v) is 4.77. The Labute approximate surface area is 151 Å². The summed E-state index contributed by atoms with van der Waals surface area (Å²) in [6.45, 7) is 1.10. The summed E-state index contributed by atoms with van der Waals surface area (Å²) >= 11 is 0.